The van der Waals surface area contributed by atoms with Crippen LogP contribution in [0.5, 0.6) is 0 Å². The van der Waals surface area contributed by atoms with Gasteiger partial charge in [0.25, 0.3) is 0 Å². The summed E-state index contributed by atoms with van der Waals surface area (Å²) < 4.78 is 11.0. The van der Waals surface area contributed by atoms with E-state index in [1.54, 1.807) is 6.92 Å². The molecule has 1 aromatic heterocycles. The molecule has 0 saturated carbocycles. The summed E-state index contributed by atoms with van der Waals surface area (Å²) in [5.74, 6) is -0.606. The van der Waals surface area contributed by atoms with Gasteiger partial charge in [0, 0.05) is 23.6 Å². The van der Waals surface area contributed by atoms with E-state index in [-0.39, 0.29) is 12.0 Å². The van der Waals surface area contributed by atoms with Crippen LogP contribution in [0.3, 0.4) is 0 Å². The lowest BCUT2D eigenvalue weighted by molar-refractivity contribution is -0.142. The van der Waals surface area contributed by atoms with Gasteiger partial charge in [-0.15, -0.1) is 0 Å². The van der Waals surface area contributed by atoms with Crippen LogP contribution in [0.25, 0.3) is 11.3 Å². The number of Topliss-reactive ketones (excluding diaryl/α,β-unsaturated/α-hetero) is 2. The first-order valence-electron chi connectivity index (χ1n) is 9.23. The molecule has 0 fully saturated rings. The molecule has 2 aliphatic rings. The fourth-order valence-electron chi connectivity index (χ4n) is 4.39. The van der Waals surface area contributed by atoms with Gasteiger partial charge >= 0.3 is 5.97 Å². The van der Waals surface area contributed by atoms with Crippen LogP contribution >= 0.6 is 0 Å². The Labute approximate surface area is 157 Å². The Balaban J connectivity index is 1.93. The Kier molecular flexibility index (Phi) is 3.88. The average molecular weight is 366 g/mol. The monoisotopic (exact) mass is 366 g/mol. The van der Waals surface area contributed by atoms with Crippen molar-refractivity contribution in [2.75, 3.05) is 0 Å². The summed E-state index contributed by atoms with van der Waals surface area (Å²) in [5, 5.41) is 0. The smallest absolute Gasteiger partial charge is 0.303 e. The Bertz CT molecular complexity index is 1010. The van der Waals surface area contributed by atoms with Gasteiger partial charge in [0.2, 0.25) is 11.6 Å². The van der Waals surface area contributed by atoms with E-state index in [2.05, 4.69) is 19.9 Å². The number of benzene rings is 1. The number of furan rings is 1. The third-order valence-corrected chi connectivity index (χ3v) is 5.83. The minimum absolute atomic E-state index is 0.0220. The molecule has 4 rings (SSSR count). The average Bonchev–Trinajstić information content (AvgIpc) is 2.93. The minimum atomic E-state index is -0.537. The molecule has 0 N–H and O–H groups in total. The van der Waals surface area contributed by atoms with Gasteiger partial charge in [-0.3, -0.25) is 14.4 Å². The molecule has 0 spiro atoms. The predicted octanol–water partition coefficient (Wildman–Crippen LogP) is 4.31. The molecular formula is C22H22O5. The van der Waals surface area contributed by atoms with Crippen molar-refractivity contribution in [1.29, 1.82) is 0 Å². The van der Waals surface area contributed by atoms with E-state index < -0.39 is 17.5 Å². The number of carbonyl (C=O) groups excluding carboxylic acids is 3. The summed E-state index contributed by atoms with van der Waals surface area (Å²) in [7, 11) is 0. The van der Waals surface area contributed by atoms with Crippen LogP contribution in [0.1, 0.15) is 76.8 Å². The molecule has 0 atom stereocenters. The summed E-state index contributed by atoms with van der Waals surface area (Å²) in [6.45, 7) is 7.33. The van der Waals surface area contributed by atoms with Gasteiger partial charge in [0.15, 0.2) is 0 Å². The summed E-state index contributed by atoms with van der Waals surface area (Å²) in [6, 6.07) is 3.95. The molecule has 0 amide bonds. The molecule has 5 nitrogen and oxygen atoms in total. The number of esters is 1. The molecule has 1 heterocycles. The predicted molar refractivity (Wildman–Crippen MR) is 99.0 cm³/mol. The van der Waals surface area contributed by atoms with Gasteiger partial charge in [-0.25, -0.2) is 0 Å². The number of fused-ring (bicyclic) bond motifs is 5. The largest absolute Gasteiger partial charge is 0.458 e. The molecule has 0 radical (unpaired) electrons. The first-order valence-corrected chi connectivity index (χ1v) is 9.23. The van der Waals surface area contributed by atoms with E-state index in [9.17, 15) is 14.4 Å². The van der Waals surface area contributed by atoms with Crippen molar-refractivity contribution in [2.45, 2.75) is 59.0 Å². The fourth-order valence-corrected chi connectivity index (χ4v) is 4.39. The van der Waals surface area contributed by atoms with Gasteiger partial charge in [-0.05, 0) is 42.7 Å². The third-order valence-electron chi connectivity index (χ3n) is 5.83. The highest BCUT2D eigenvalue weighted by atomic mass is 16.5. The van der Waals surface area contributed by atoms with E-state index in [0.29, 0.717) is 33.8 Å². The van der Waals surface area contributed by atoms with Crippen molar-refractivity contribution in [1.82, 2.24) is 0 Å². The maximum Gasteiger partial charge on any atom is 0.303 e. The minimum Gasteiger partial charge on any atom is -0.458 e. The van der Waals surface area contributed by atoms with E-state index in [1.807, 2.05) is 6.07 Å². The highest BCUT2D eigenvalue weighted by molar-refractivity contribution is 6.53. The van der Waals surface area contributed by atoms with Crippen LogP contribution in [0.15, 0.2) is 16.5 Å². The van der Waals surface area contributed by atoms with E-state index in [1.165, 1.54) is 6.92 Å². The molecule has 140 valence electrons. The standard InChI is InChI=1S/C22H22O5/c1-11-16(10-26-12(2)23)27-21-14-7-8-15-13(6-5-9-22(15,3)4)18(14)20(25)19(24)17(11)21/h7-8H,5-6,9-10H2,1-4H3. The van der Waals surface area contributed by atoms with Crippen molar-refractivity contribution in [3.8, 4) is 11.3 Å². The lowest BCUT2D eigenvalue weighted by atomic mass is 9.69. The number of carbonyl (C=O) groups is 3. The van der Waals surface area contributed by atoms with Crippen molar-refractivity contribution in [3.05, 3.63) is 45.7 Å². The van der Waals surface area contributed by atoms with Crippen molar-refractivity contribution in [3.63, 3.8) is 0 Å². The second-order valence-corrected chi connectivity index (χ2v) is 8.04. The zero-order valence-electron chi connectivity index (χ0n) is 16.0. The first kappa shape index (κ1) is 17.7. The molecule has 0 aliphatic heterocycles. The number of hydrogen-bond acceptors (Lipinski definition) is 5. The summed E-state index contributed by atoms with van der Waals surface area (Å²) >= 11 is 0. The second-order valence-electron chi connectivity index (χ2n) is 8.04. The van der Waals surface area contributed by atoms with E-state index in [0.717, 1.165) is 30.4 Å². The maximum absolute atomic E-state index is 13.0. The molecular weight excluding hydrogens is 344 g/mol. The Hall–Kier alpha value is -2.69. The summed E-state index contributed by atoms with van der Waals surface area (Å²) in [6.07, 6.45) is 2.83. The Morgan fingerprint density at radius 3 is 2.59 bits per heavy atom. The quantitative estimate of drug-likeness (QED) is 0.585. The van der Waals surface area contributed by atoms with E-state index in [4.69, 9.17) is 9.15 Å². The lowest BCUT2D eigenvalue weighted by Crippen LogP contribution is -2.29. The molecule has 0 bridgehead atoms. The highest BCUT2D eigenvalue weighted by Crippen LogP contribution is 2.45. The van der Waals surface area contributed by atoms with Crippen LogP contribution in [0.4, 0.5) is 0 Å². The maximum atomic E-state index is 13.0. The van der Waals surface area contributed by atoms with Gasteiger partial charge in [-0.1, -0.05) is 26.0 Å². The van der Waals surface area contributed by atoms with Gasteiger partial charge < -0.3 is 9.15 Å². The molecule has 2 aromatic rings. The number of ketones is 2. The zero-order valence-corrected chi connectivity index (χ0v) is 16.0. The van der Waals surface area contributed by atoms with Crippen molar-refractivity contribution >= 4 is 17.5 Å². The molecule has 0 unspecified atom stereocenters. The number of rotatable bonds is 2. The molecule has 1 aromatic carbocycles. The van der Waals surface area contributed by atoms with Crippen LogP contribution in [-0.4, -0.2) is 17.5 Å². The molecule has 2 aliphatic carbocycles. The highest BCUT2D eigenvalue weighted by Gasteiger charge is 2.40. The molecule has 0 saturated heterocycles. The van der Waals surface area contributed by atoms with Crippen LogP contribution in [0, 0.1) is 6.92 Å². The van der Waals surface area contributed by atoms with Crippen molar-refractivity contribution in [2.24, 2.45) is 0 Å². The number of hydrogen-bond donors (Lipinski definition) is 0. The fraction of sp³-hybridized carbons (Fsp3) is 0.409. The van der Waals surface area contributed by atoms with Gasteiger partial charge in [0.05, 0.1) is 5.56 Å². The molecule has 5 heteroatoms. The topological polar surface area (TPSA) is 73.6 Å². The van der Waals surface area contributed by atoms with Crippen molar-refractivity contribution < 1.29 is 23.5 Å². The van der Waals surface area contributed by atoms with Crippen LogP contribution in [-0.2, 0) is 28.0 Å². The van der Waals surface area contributed by atoms with Crippen LogP contribution < -0.4 is 0 Å². The lowest BCUT2D eigenvalue weighted by Gasteiger charge is -2.34. The Morgan fingerprint density at radius 2 is 1.89 bits per heavy atom. The molecule has 27 heavy (non-hydrogen) atoms. The second kappa shape index (κ2) is 5.91. The van der Waals surface area contributed by atoms with Gasteiger partial charge in [0.1, 0.15) is 18.1 Å². The number of ether oxygens (including phenoxy) is 1. The SMILES string of the molecule is CC(=O)OCc1oc2c(c1C)C(=O)C(=O)c1c-2ccc2c1CCCC2(C)C. The van der Waals surface area contributed by atoms with Crippen LogP contribution in [0.2, 0.25) is 0 Å². The zero-order chi connectivity index (χ0) is 19.5. The van der Waals surface area contributed by atoms with E-state index >= 15 is 0 Å². The Morgan fingerprint density at radius 1 is 1.19 bits per heavy atom. The normalized spacial score (nSPS) is 17.2. The summed E-state index contributed by atoms with van der Waals surface area (Å²) in [4.78, 5) is 37.0. The first-order chi connectivity index (χ1) is 12.7. The third kappa shape index (κ3) is 2.56. The van der Waals surface area contributed by atoms with Gasteiger partial charge in [-0.2, -0.15) is 0 Å². The summed E-state index contributed by atoms with van der Waals surface area (Å²) in [5.41, 5.74) is 4.11.